The van der Waals surface area contributed by atoms with E-state index < -0.39 is 0 Å². The van der Waals surface area contributed by atoms with Crippen LogP contribution >= 0.6 is 0 Å². The van der Waals surface area contributed by atoms with Crippen molar-refractivity contribution in [1.82, 2.24) is 10.3 Å². The summed E-state index contributed by atoms with van der Waals surface area (Å²) in [5, 5.41) is 3.56. The summed E-state index contributed by atoms with van der Waals surface area (Å²) in [5.41, 5.74) is 3.40. The summed E-state index contributed by atoms with van der Waals surface area (Å²) in [6.07, 6.45) is 5.18. The molecule has 0 saturated carbocycles. The maximum atomic E-state index is 13.1. The SMILES string of the molecule is CCCCC(NCc1ncccc1C)c1ccc(F)cc1. The highest BCUT2D eigenvalue weighted by atomic mass is 19.1. The van der Waals surface area contributed by atoms with Gasteiger partial charge in [0.05, 0.1) is 5.69 Å². The fraction of sp³-hybridized carbons (Fsp3) is 0.389. The first-order valence-electron chi connectivity index (χ1n) is 7.60. The van der Waals surface area contributed by atoms with Gasteiger partial charge in [-0.15, -0.1) is 0 Å². The third kappa shape index (κ3) is 4.64. The molecule has 1 unspecified atom stereocenters. The lowest BCUT2D eigenvalue weighted by Crippen LogP contribution is -2.22. The molecule has 0 spiro atoms. The van der Waals surface area contributed by atoms with Crippen molar-refractivity contribution in [3.8, 4) is 0 Å². The zero-order valence-corrected chi connectivity index (χ0v) is 12.8. The predicted molar refractivity (Wildman–Crippen MR) is 84.5 cm³/mol. The average molecular weight is 286 g/mol. The Morgan fingerprint density at radius 3 is 2.62 bits per heavy atom. The minimum Gasteiger partial charge on any atom is -0.304 e. The lowest BCUT2D eigenvalue weighted by atomic mass is 10.0. The van der Waals surface area contributed by atoms with Gasteiger partial charge >= 0.3 is 0 Å². The largest absolute Gasteiger partial charge is 0.304 e. The maximum Gasteiger partial charge on any atom is 0.123 e. The van der Waals surface area contributed by atoms with Crippen molar-refractivity contribution in [2.75, 3.05) is 0 Å². The first-order chi connectivity index (χ1) is 10.2. The number of hydrogen-bond acceptors (Lipinski definition) is 2. The number of pyridine rings is 1. The molecule has 0 fully saturated rings. The average Bonchev–Trinajstić information content (AvgIpc) is 2.50. The maximum absolute atomic E-state index is 13.1. The van der Waals surface area contributed by atoms with Crippen LogP contribution in [0, 0.1) is 12.7 Å². The van der Waals surface area contributed by atoms with E-state index in [0.29, 0.717) is 0 Å². The molecule has 0 radical (unpaired) electrons. The van der Waals surface area contributed by atoms with Crippen LogP contribution in [-0.2, 0) is 6.54 Å². The van der Waals surface area contributed by atoms with Crippen molar-refractivity contribution in [3.63, 3.8) is 0 Å². The molecule has 1 heterocycles. The number of rotatable bonds is 7. The number of aryl methyl sites for hydroxylation is 1. The lowest BCUT2D eigenvalue weighted by Gasteiger charge is -2.19. The van der Waals surface area contributed by atoms with E-state index in [4.69, 9.17) is 0 Å². The van der Waals surface area contributed by atoms with Crippen LogP contribution in [0.2, 0.25) is 0 Å². The molecule has 0 amide bonds. The highest BCUT2D eigenvalue weighted by Gasteiger charge is 2.11. The van der Waals surface area contributed by atoms with Crippen LogP contribution < -0.4 is 5.32 Å². The van der Waals surface area contributed by atoms with Gasteiger partial charge in [-0.25, -0.2) is 4.39 Å². The van der Waals surface area contributed by atoms with E-state index in [1.165, 1.54) is 17.7 Å². The van der Waals surface area contributed by atoms with Crippen LogP contribution in [-0.4, -0.2) is 4.98 Å². The molecule has 1 aromatic carbocycles. The van der Waals surface area contributed by atoms with Gasteiger partial charge in [0.1, 0.15) is 5.82 Å². The number of benzene rings is 1. The molecular weight excluding hydrogens is 263 g/mol. The molecule has 1 N–H and O–H groups in total. The Balaban J connectivity index is 2.06. The van der Waals surface area contributed by atoms with Gasteiger partial charge in [0.15, 0.2) is 0 Å². The second kappa shape index (κ2) is 7.89. The zero-order chi connectivity index (χ0) is 15.1. The lowest BCUT2D eigenvalue weighted by molar-refractivity contribution is 0.475. The Labute approximate surface area is 126 Å². The third-order valence-electron chi connectivity index (χ3n) is 3.75. The summed E-state index contributed by atoms with van der Waals surface area (Å²) in [7, 11) is 0. The van der Waals surface area contributed by atoms with Gasteiger partial charge in [0.2, 0.25) is 0 Å². The summed E-state index contributed by atoms with van der Waals surface area (Å²) in [4.78, 5) is 4.42. The van der Waals surface area contributed by atoms with E-state index in [2.05, 4.69) is 30.2 Å². The second-order valence-corrected chi connectivity index (χ2v) is 5.39. The molecule has 0 saturated heterocycles. The van der Waals surface area contributed by atoms with Crippen molar-refractivity contribution in [2.45, 2.75) is 45.7 Å². The highest BCUT2D eigenvalue weighted by molar-refractivity contribution is 5.21. The summed E-state index contributed by atoms with van der Waals surface area (Å²) in [6.45, 7) is 4.99. The van der Waals surface area contributed by atoms with Crippen molar-refractivity contribution in [1.29, 1.82) is 0 Å². The number of halogens is 1. The van der Waals surface area contributed by atoms with Gasteiger partial charge in [-0.3, -0.25) is 4.98 Å². The topological polar surface area (TPSA) is 24.9 Å². The van der Waals surface area contributed by atoms with Gasteiger partial charge < -0.3 is 5.32 Å². The fourth-order valence-electron chi connectivity index (χ4n) is 2.41. The quantitative estimate of drug-likeness (QED) is 0.807. The highest BCUT2D eigenvalue weighted by Crippen LogP contribution is 2.20. The van der Waals surface area contributed by atoms with Crippen LogP contribution in [0.5, 0.6) is 0 Å². The van der Waals surface area contributed by atoms with Gasteiger partial charge in [0.25, 0.3) is 0 Å². The van der Waals surface area contributed by atoms with E-state index in [1.54, 1.807) is 0 Å². The monoisotopic (exact) mass is 286 g/mol. The zero-order valence-electron chi connectivity index (χ0n) is 12.8. The normalized spacial score (nSPS) is 12.3. The minimum absolute atomic E-state index is 0.187. The Kier molecular flexibility index (Phi) is 5.88. The molecule has 2 nitrogen and oxygen atoms in total. The Morgan fingerprint density at radius 2 is 1.95 bits per heavy atom. The summed E-state index contributed by atoms with van der Waals surface area (Å²) in [6, 6.07) is 11.1. The smallest absolute Gasteiger partial charge is 0.123 e. The Bertz CT molecular complexity index is 551. The van der Waals surface area contributed by atoms with E-state index in [0.717, 1.165) is 37.1 Å². The molecule has 0 aliphatic rings. The van der Waals surface area contributed by atoms with Crippen molar-refractivity contribution >= 4 is 0 Å². The molecule has 3 heteroatoms. The van der Waals surface area contributed by atoms with Crippen LogP contribution in [0.1, 0.15) is 49.0 Å². The fourth-order valence-corrected chi connectivity index (χ4v) is 2.41. The van der Waals surface area contributed by atoms with Crippen molar-refractivity contribution < 1.29 is 4.39 Å². The number of unbranched alkanes of at least 4 members (excludes halogenated alkanes) is 1. The van der Waals surface area contributed by atoms with Crippen LogP contribution in [0.25, 0.3) is 0 Å². The molecule has 1 aromatic heterocycles. The number of aromatic nitrogens is 1. The van der Waals surface area contributed by atoms with Gasteiger partial charge in [-0.05, 0) is 42.7 Å². The summed E-state index contributed by atoms with van der Waals surface area (Å²) >= 11 is 0. The predicted octanol–water partition coefficient (Wildman–Crippen LogP) is 4.55. The van der Waals surface area contributed by atoms with E-state index in [1.807, 2.05) is 24.4 Å². The third-order valence-corrected chi connectivity index (χ3v) is 3.75. The van der Waals surface area contributed by atoms with Crippen molar-refractivity contribution in [3.05, 3.63) is 65.2 Å². The summed E-state index contributed by atoms with van der Waals surface area (Å²) < 4.78 is 13.1. The van der Waals surface area contributed by atoms with Gasteiger partial charge in [0, 0.05) is 18.8 Å². The van der Waals surface area contributed by atoms with Gasteiger partial charge in [-0.1, -0.05) is 38.0 Å². The Hall–Kier alpha value is -1.74. The molecule has 2 rings (SSSR count). The van der Waals surface area contributed by atoms with Crippen LogP contribution in [0.15, 0.2) is 42.6 Å². The van der Waals surface area contributed by atoms with E-state index in [9.17, 15) is 4.39 Å². The molecule has 112 valence electrons. The molecule has 0 aliphatic heterocycles. The number of hydrogen-bond donors (Lipinski definition) is 1. The van der Waals surface area contributed by atoms with E-state index in [-0.39, 0.29) is 11.9 Å². The first-order valence-corrected chi connectivity index (χ1v) is 7.60. The molecule has 21 heavy (non-hydrogen) atoms. The van der Waals surface area contributed by atoms with Crippen LogP contribution in [0.3, 0.4) is 0 Å². The summed E-state index contributed by atoms with van der Waals surface area (Å²) in [5.74, 6) is -0.187. The number of nitrogens with zero attached hydrogens (tertiary/aromatic N) is 1. The first kappa shape index (κ1) is 15.6. The standard InChI is InChI=1S/C18H23FN2/c1-3-4-7-17(15-8-10-16(19)11-9-15)21-13-18-14(2)6-5-12-20-18/h5-6,8-12,17,21H,3-4,7,13H2,1-2H3. The second-order valence-electron chi connectivity index (χ2n) is 5.39. The molecule has 0 aliphatic carbocycles. The molecular formula is C18H23FN2. The van der Waals surface area contributed by atoms with E-state index >= 15 is 0 Å². The minimum atomic E-state index is -0.187. The molecule has 0 bridgehead atoms. The molecule has 1 atom stereocenters. The molecule has 2 aromatic rings. The Morgan fingerprint density at radius 1 is 1.19 bits per heavy atom. The van der Waals surface area contributed by atoms with Gasteiger partial charge in [-0.2, -0.15) is 0 Å². The van der Waals surface area contributed by atoms with Crippen molar-refractivity contribution in [2.24, 2.45) is 0 Å². The van der Waals surface area contributed by atoms with Crippen LogP contribution in [0.4, 0.5) is 4.39 Å². The number of nitrogens with one attached hydrogen (secondary N) is 1.